The Kier molecular flexibility index (Phi) is 5.85. The zero-order chi connectivity index (χ0) is 13.8. The summed E-state index contributed by atoms with van der Waals surface area (Å²) in [4.78, 5) is 4.67. The van der Waals surface area contributed by atoms with Crippen molar-refractivity contribution < 1.29 is 0 Å². The van der Waals surface area contributed by atoms with Crippen molar-refractivity contribution in [2.24, 2.45) is 4.99 Å². The molecule has 3 rings (SSSR count). The second-order valence-corrected chi connectivity index (χ2v) is 5.30. The Bertz CT molecular complexity index is 620. The first-order valence-electron chi connectivity index (χ1n) is 7.37. The van der Waals surface area contributed by atoms with Crippen LogP contribution in [0.4, 0.5) is 0 Å². The monoisotopic (exact) mass is 395 g/mol. The van der Waals surface area contributed by atoms with Gasteiger partial charge in [-0.3, -0.25) is 0 Å². The van der Waals surface area contributed by atoms with Gasteiger partial charge < -0.3 is 10.6 Å². The number of guanidine groups is 1. The van der Waals surface area contributed by atoms with Crippen LogP contribution in [0.2, 0.25) is 0 Å². The number of hydrogen-bond acceptors (Lipinski definition) is 1. The molecule has 1 saturated carbocycles. The molecule has 1 aliphatic rings. The van der Waals surface area contributed by atoms with Gasteiger partial charge in [-0.2, -0.15) is 0 Å². The van der Waals surface area contributed by atoms with Gasteiger partial charge in [0, 0.05) is 12.6 Å². The molecule has 0 aliphatic heterocycles. The molecule has 2 aromatic carbocycles. The number of fused-ring (bicyclic) bond motifs is 1. The van der Waals surface area contributed by atoms with Gasteiger partial charge in [0.2, 0.25) is 0 Å². The van der Waals surface area contributed by atoms with Crippen molar-refractivity contribution in [3.05, 3.63) is 48.0 Å². The summed E-state index contributed by atoms with van der Waals surface area (Å²) >= 11 is 0. The highest BCUT2D eigenvalue weighted by atomic mass is 127. The van der Waals surface area contributed by atoms with Gasteiger partial charge in [0.05, 0.1) is 6.54 Å². The van der Waals surface area contributed by atoms with Crippen molar-refractivity contribution >= 4 is 40.7 Å². The van der Waals surface area contributed by atoms with Gasteiger partial charge in [-0.25, -0.2) is 4.99 Å². The molecule has 0 bridgehead atoms. The summed E-state index contributed by atoms with van der Waals surface area (Å²) in [6, 6.07) is 15.6. The molecule has 1 fully saturated rings. The SMILES string of the molecule is CCNC(=NCc1ccc2ccccc2c1)NC1CC1.I. The third kappa shape index (κ3) is 4.59. The maximum atomic E-state index is 4.67. The lowest BCUT2D eigenvalue weighted by Crippen LogP contribution is -2.38. The number of hydrogen-bond donors (Lipinski definition) is 2. The fourth-order valence-electron chi connectivity index (χ4n) is 2.25. The third-order valence-electron chi connectivity index (χ3n) is 3.50. The van der Waals surface area contributed by atoms with E-state index in [0.29, 0.717) is 12.6 Å². The molecule has 0 heterocycles. The van der Waals surface area contributed by atoms with Crippen LogP contribution < -0.4 is 10.6 Å². The van der Waals surface area contributed by atoms with Gasteiger partial charge in [-0.05, 0) is 42.2 Å². The fraction of sp³-hybridized carbons (Fsp3) is 0.353. The van der Waals surface area contributed by atoms with Crippen LogP contribution in [0.15, 0.2) is 47.5 Å². The molecule has 112 valence electrons. The Hall–Kier alpha value is -1.30. The van der Waals surface area contributed by atoms with E-state index in [4.69, 9.17) is 0 Å². The molecule has 2 N–H and O–H groups in total. The molecule has 0 unspecified atom stereocenters. The molecule has 0 atom stereocenters. The highest BCUT2D eigenvalue weighted by molar-refractivity contribution is 14.0. The average Bonchev–Trinajstić information content (AvgIpc) is 3.29. The van der Waals surface area contributed by atoms with Crippen LogP contribution >= 0.6 is 24.0 Å². The molecule has 21 heavy (non-hydrogen) atoms. The van der Waals surface area contributed by atoms with E-state index in [1.165, 1.54) is 29.2 Å². The summed E-state index contributed by atoms with van der Waals surface area (Å²) in [6.07, 6.45) is 2.53. The van der Waals surface area contributed by atoms with E-state index < -0.39 is 0 Å². The van der Waals surface area contributed by atoms with E-state index in [0.717, 1.165) is 12.5 Å². The fourth-order valence-corrected chi connectivity index (χ4v) is 2.25. The van der Waals surface area contributed by atoms with Crippen LogP contribution in [0.3, 0.4) is 0 Å². The van der Waals surface area contributed by atoms with Crippen LogP contribution in [0.1, 0.15) is 25.3 Å². The van der Waals surface area contributed by atoms with Crippen molar-refractivity contribution in [1.29, 1.82) is 0 Å². The van der Waals surface area contributed by atoms with Gasteiger partial charge in [-0.15, -0.1) is 24.0 Å². The maximum Gasteiger partial charge on any atom is 0.191 e. The number of benzene rings is 2. The zero-order valence-electron chi connectivity index (χ0n) is 12.3. The van der Waals surface area contributed by atoms with Crippen molar-refractivity contribution in [3.8, 4) is 0 Å². The van der Waals surface area contributed by atoms with E-state index >= 15 is 0 Å². The number of halogens is 1. The van der Waals surface area contributed by atoms with Gasteiger partial charge in [0.15, 0.2) is 5.96 Å². The number of rotatable bonds is 4. The van der Waals surface area contributed by atoms with Crippen LogP contribution in [-0.2, 0) is 6.54 Å². The lowest BCUT2D eigenvalue weighted by Gasteiger charge is -2.10. The van der Waals surface area contributed by atoms with E-state index in [1.807, 2.05) is 0 Å². The van der Waals surface area contributed by atoms with E-state index in [2.05, 4.69) is 65.0 Å². The Morgan fingerprint density at radius 3 is 2.62 bits per heavy atom. The minimum absolute atomic E-state index is 0. The third-order valence-corrected chi connectivity index (χ3v) is 3.50. The molecule has 0 aromatic heterocycles. The average molecular weight is 395 g/mol. The summed E-state index contributed by atoms with van der Waals surface area (Å²) in [7, 11) is 0. The molecule has 0 amide bonds. The minimum Gasteiger partial charge on any atom is -0.357 e. The minimum atomic E-state index is 0. The van der Waals surface area contributed by atoms with Gasteiger partial charge >= 0.3 is 0 Å². The van der Waals surface area contributed by atoms with Crippen LogP contribution in [0, 0.1) is 0 Å². The van der Waals surface area contributed by atoms with E-state index in [9.17, 15) is 0 Å². The second kappa shape index (κ2) is 7.64. The summed E-state index contributed by atoms with van der Waals surface area (Å²) in [5.74, 6) is 0.933. The zero-order valence-corrected chi connectivity index (χ0v) is 14.6. The number of nitrogens with zero attached hydrogens (tertiary/aromatic N) is 1. The molecular weight excluding hydrogens is 373 g/mol. The normalized spacial score (nSPS) is 14.6. The Labute approximate surface area is 143 Å². The van der Waals surface area contributed by atoms with Gasteiger partial charge in [-0.1, -0.05) is 36.4 Å². The second-order valence-electron chi connectivity index (χ2n) is 5.30. The topological polar surface area (TPSA) is 36.4 Å². The molecule has 3 nitrogen and oxygen atoms in total. The molecule has 2 aromatic rings. The van der Waals surface area contributed by atoms with Crippen LogP contribution in [-0.4, -0.2) is 18.5 Å². The predicted octanol–water partition coefficient (Wildman–Crippen LogP) is 3.68. The first kappa shape index (κ1) is 16.1. The van der Waals surface area contributed by atoms with Crippen molar-refractivity contribution in [2.75, 3.05) is 6.54 Å². The Morgan fingerprint density at radius 1 is 1.14 bits per heavy atom. The molecule has 1 aliphatic carbocycles. The summed E-state index contributed by atoms with van der Waals surface area (Å²) in [6.45, 7) is 3.71. The quantitative estimate of drug-likeness (QED) is 0.471. The highest BCUT2D eigenvalue weighted by Crippen LogP contribution is 2.19. The van der Waals surface area contributed by atoms with Gasteiger partial charge in [0.25, 0.3) is 0 Å². The lowest BCUT2D eigenvalue weighted by atomic mass is 10.1. The summed E-state index contributed by atoms with van der Waals surface area (Å²) in [5.41, 5.74) is 1.25. The predicted molar refractivity (Wildman–Crippen MR) is 100 cm³/mol. The highest BCUT2D eigenvalue weighted by Gasteiger charge is 2.21. The Morgan fingerprint density at radius 2 is 1.90 bits per heavy atom. The molecule has 0 saturated heterocycles. The molecule has 4 heteroatoms. The lowest BCUT2D eigenvalue weighted by molar-refractivity contribution is 0.812. The largest absolute Gasteiger partial charge is 0.357 e. The maximum absolute atomic E-state index is 4.67. The van der Waals surface area contributed by atoms with Crippen molar-refractivity contribution in [2.45, 2.75) is 32.4 Å². The van der Waals surface area contributed by atoms with E-state index in [-0.39, 0.29) is 24.0 Å². The first-order valence-corrected chi connectivity index (χ1v) is 7.37. The van der Waals surface area contributed by atoms with Crippen molar-refractivity contribution in [3.63, 3.8) is 0 Å². The molecule has 0 radical (unpaired) electrons. The smallest absolute Gasteiger partial charge is 0.191 e. The number of aliphatic imine (C=N–C) groups is 1. The molecule has 0 spiro atoms. The van der Waals surface area contributed by atoms with E-state index in [1.54, 1.807) is 0 Å². The van der Waals surface area contributed by atoms with Crippen LogP contribution in [0.5, 0.6) is 0 Å². The van der Waals surface area contributed by atoms with Crippen LogP contribution in [0.25, 0.3) is 10.8 Å². The molecular formula is C17H22IN3. The first-order chi connectivity index (χ1) is 9.85. The number of nitrogens with one attached hydrogen (secondary N) is 2. The Balaban J connectivity index is 0.00000161. The summed E-state index contributed by atoms with van der Waals surface area (Å²) in [5, 5.41) is 9.30. The summed E-state index contributed by atoms with van der Waals surface area (Å²) < 4.78 is 0. The van der Waals surface area contributed by atoms with Crippen molar-refractivity contribution in [1.82, 2.24) is 10.6 Å². The van der Waals surface area contributed by atoms with Gasteiger partial charge in [0.1, 0.15) is 0 Å². The standard InChI is InChI=1S/C17H21N3.HI/c1-2-18-17(20-16-9-10-16)19-12-13-7-8-14-5-3-4-6-15(14)11-13;/h3-8,11,16H,2,9-10,12H2,1H3,(H2,18,19,20);1H.